The number of nitrogens with one attached hydrogen (secondary N) is 1. The molecule has 0 saturated heterocycles. The number of ketones is 1. The van der Waals surface area contributed by atoms with Gasteiger partial charge in [0.25, 0.3) is 5.91 Å². The van der Waals surface area contributed by atoms with Crippen molar-refractivity contribution in [3.8, 4) is 11.5 Å². The number of rotatable bonds is 7. The highest BCUT2D eigenvalue weighted by molar-refractivity contribution is 6.04. The van der Waals surface area contributed by atoms with Crippen LogP contribution in [0.1, 0.15) is 23.2 Å². The zero-order chi connectivity index (χ0) is 20.4. The second kappa shape index (κ2) is 7.90. The molecule has 7 nitrogen and oxygen atoms in total. The van der Waals surface area contributed by atoms with Crippen LogP contribution in [0.15, 0.2) is 42.5 Å². The Kier molecular flexibility index (Phi) is 5.16. The molecule has 1 fully saturated rings. The Labute approximate surface area is 166 Å². The molecule has 2 aliphatic rings. The Bertz CT molecular complexity index is 973. The third-order valence-electron chi connectivity index (χ3n) is 4.66. The molecule has 0 atom stereocenters. The molecule has 29 heavy (non-hydrogen) atoms. The van der Waals surface area contributed by atoms with E-state index in [-0.39, 0.29) is 48.9 Å². The number of nitrogens with zero attached hydrogens (tertiary/aromatic N) is 1. The fourth-order valence-electron chi connectivity index (χ4n) is 2.98. The van der Waals surface area contributed by atoms with Crippen LogP contribution in [-0.2, 0) is 9.59 Å². The molecule has 1 heterocycles. The van der Waals surface area contributed by atoms with Crippen molar-refractivity contribution in [2.45, 2.75) is 18.9 Å². The van der Waals surface area contributed by atoms with E-state index in [9.17, 15) is 18.8 Å². The summed E-state index contributed by atoms with van der Waals surface area (Å²) in [6.45, 7) is -0.681. The van der Waals surface area contributed by atoms with Crippen LogP contribution >= 0.6 is 0 Å². The molecular weight excluding hydrogens is 379 g/mol. The maximum atomic E-state index is 13.6. The van der Waals surface area contributed by atoms with Gasteiger partial charge in [-0.2, -0.15) is 0 Å². The van der Waals surface area contributed by atoms with Crippen molar-refractivity contribution < 1.29 is 28.2 Å². The van der Waals surface area contributed by atoms with Crippen molar-refractivity contribution in [1.29, 1.82) is 0 Å². The first kappa shape index (κ1) is 18.9. The van der Waals surface area contributed by atoms with E-state index in [1.54, 1.807) is 18.2 Å². The Morgan fingerprint density at radius 2 is 2.00 bits per heavy atom. The summed E-state index contributed by atoms with van der Waals surface area (Å²) in [5.41, 5.74) is 0.620. The molecule has 1 saturated carbocycles. The fourth-order valence-corrected chi connectivity index (χ4v) is 2.98. The predicted octanol–water partition coefficient (Wildman–Crippen LogP) is 2.09. The summed E-state index contributed by atoms with van der Waals surface area (Å²) in [6.07, 6.45) is 1.89. The topological polar surface area (TPSA) is 84.9 Å². The zero-order valence-electron chi connectivity index (χ0n) is 15.5. The van der Waals surface area contributed by atoms with Gasteiger partial charge in [-0.15, -0.1) is 0 Å². The van der Waals surface area contributed by atoms with Crippen LogP contribution in [0.5, 0.6) is 11.5 Å². The van der Waals surface area contributed by atoms with Gasteiger partial charge in [0.05, 0.1) is 5.69 Å². The second-order valence-corrected chi connectivity index (χ2v) is 6.94. The molecule has 0 spiro atoms. The van der Waals surface area contributed by atoms with Gasteiger partial charge in [0, 0.05) is 11.6 Å². The van der Waals surface area contributed by atoms with Crippen molar-refractivity contribution in [1.82, 2.24) is 5.32 Å². The van der Waals surface area contributed by atoms with E-state index in [0.29, 0.717) is 11.4 Å². The monoisotopic (exact) mass is 398 g/mol. The Morgan fingerprint density at radius 3 is 2.76 bits per heavy atom. The number of hydrogen-bond donors (Lipinski definition) is 1. The first-order chi connectivity index (χ1) is 14.0. The molecule has 1 aliphatic carbocycles. The molecule has 1 aliphatic heterocycles. The molecule has 2 aromatic rings. The van der Waals surface area contributed by atoms with Crippen molar-refractivity contribution in [2.24, 2.45) is 0 Å². The van der Waals surface area contributed by atoms with Gasteiger partial charge in [0.15, 0.2) is 30.6 Å². The molecule has 0 bridgehead atoms. The number of halogens is 1. The standard InChI is InChI=1S/C21H19FN2O5/c22-15-3-1-2-4-18(15)28-11-17(25)13-5-8-19-16(9-13)24(21(27)12-29-19)10-20(26)23-14-6-7-14/h1-5,8-9,14H,6-7,10-12H2,(H,23,26). The van der Waals surface area contributed by atoms with E-state index in [4.69, 9.17) is 9.47 Å². The number of carbonyl (C=O) groups is 3. The zero-order valence-corrected chi connectivity index (χ0v) is 15.5. The van der Waals surface area contributed by atoms with Crippen molar-refractivity contribution in [3.63, 3.8) is 0 Å². The second-order valence-electron chi connectivity index (χ2n) is 6.94. The number of Topliss-reactive ketones (excluding diaryl/α,β-unsaturated/α-hetero) is 1. The van der Waals surface area contributed by atoms with Crippen LogP contribution in [0.3, 0.4) is 0 Å². The van der Waals surface area contributed by atoms with Crippen LogP contribution in [0, 0.1) is 5.82 Å². The predicted molar refractivity (Wildman–Crippen MR) is 102 cm³/mol. The maximum Gasteiger partial charge on any atom is 0.265 e. The average molecular weight is 398 g/mol. The van der Waals surface area contributed by atoms with E-state index >= 15 is 0 Å². The van der Waals surface area contributed by atoms with Crippen LogP contribution < -0.4 is 19.7 Å². The van der Waals surface area contributed by atoms with E-state index in [1.807, 2.05) is 0 Å². The lowest BCUT2D eigenvalue weighted by atomic mass is 10.1. The van der Waals surface area contributed by atoms with Gasteiger partial charge in [0.2, 0.25) is 5.91 Å². The van der Waals surface area contributed by atoms with Gasteiger partial charge in [0.1, 0.15) is 12.3 Å². The molecule has 1 N–H and O–H groups in total. The largest absolute Gasteiger partial charge is 0.482 e. The molecule has 2 aromatic carbocycles. The van der Waals surface area contributed by atoms with Crippen molar-refractivity contribution in [3.05, 3.63) is 53.8 Å². The number of amides is 2. The molecule has 0 radical (unpaired) electrons. The lowest BCUT2D eigenvalue weighted by molar-refractivity contribution is -0.125. The third-order valence-corrected chi connectivity index (χ3v) is 4.66. The summed E-state index contributed by atoms with van der Waals surface area (Å²) >= 11 is 0. The molecule has 0 aromatic heterocycles. The summed E-state index contributed by atoms with van der Waals surface area (Å²) in [5.74, 6) is -1.18. The average Bonchev–Trinajstić information content (AvgIpc) is 3.53. The van der Waals surface area contributed by atoms with Crippen LogP contribution in [0.2, 0.25) is 0 Å². The molecular formula is C21H19FN2O5. The molecule has 8 heteroatoms. The number of para-hydroxylation sites is 1. The third kappa shape index (κ3) is 4.37. The summed E-state index contributed by atoms with van der Waals surface area (Å²) < 4.78 is 24.3. The van der Waals surface area contributed by atoms with Crippen molar-refractivity contribution >= 4 is 23.3 Å². The summed E-state index contributed by atoms with van der Waals surface area (Å²) in [7, 11) is 0. The van der Waals surface area contributed by atoms with Gasteiger partial charge in [-0.1, -0.05) is 12.1 Å². The SMILES string of the molecule is O=C(CN1C(=O)COc2ccc(C(=O)COc3ccccc3F)cc21)NC1CC1. The highest BCUT2D eigenvalue weighted by atomic mass is 19.1. The number of ether oxygens (including phenoxy) is 2. The Hall–Kier alpha value is -3.42. The summed E-state index contributed by atoms with van der Waals surface area (Å²) in [5, 5.41) is 2.84. The van der Waals surface area contributed by atoms with Gasteiger partial charge in [-0.25, -0.2) is 4.39 Å². The van der Waals surface area contributed by atoms with Gasteiger partial charge in [-0.05, 0) is 43.2 Å². The van der Waals surface area contributed by atoms with E-state index in [1.165, 1.54) is 29.2 Å². The smallest absolute Gasteiger partial charge is 0.265 e. The maximum absolute atomic E-state index is 13.6. The number of carbonyl (C=O) groups excluding carboxylic acids is 3. The quantitative estimate of drug-likeness (QED) is 0.722. The van der Waals surface area contributed by atoms with Crippen molar-refractivity contribution in [2.75, 3.05) is 24.7 Å². The first-order valence-corrected chi connectivity index (χ1v) is 9.28. The first-order valence-electron chi connectivity index (χ1n) is 9.28. The molecule has 150 valence electrons. The van der Waals surface area contributed by atoms with Gasteiger partial charge in [-0.3, -0.25) is 19.3 Å². The van der Waals surface area contributed by atoms with Crippen LogP contribution in [-0.4, -0.2) is 43.4 Å². The van der Waals surface area contributed by atoms with Gasteiger partial charge < -0.3 is 14.8 Å². The summed E-state index contributed by atoms with van der Waals surface area (Å²) in [4.78, 5) is 38.3. The lowest BCUT2D eigenvalue weighted by Crippen LogP contribution is -2.45. The minimum absolute atomic E-state index is 0.0179. The molecule has 4 rings (SSSR count). The Morgan fingerprint density at radius 1 is 1.21 bits per heavy atom. The minimum atomic E-state index is -0.558. The number of hydrogen-bond acceptors (Lipinski definition) is 5. The van der Waals surface area contributed by atoms with E-state index in [0.717, 1.165) is 12.8 Å². The summed E-state index contributed by atoms with van der Waals surface area (Å²) in [6, 6.07) is 10.6. The van der Waals surface area contributed by atoms with E-state index in [2.05, 4.69) is 5.32 Å². The molecule has 0 unspecified atom stereocenters. The normalized spacial score (nSPS) is 15.3. The highest BCUT2D eigenvalue weighted by Gasteiger charge is 2.30. The van der Waals surface area contributed by atoms with Crippen LogP contribution in [0.25, 0.3) is 0 Å². The fraction of sp³-hybridized carbons (Fsp3) is 0.286. The van der Waals surface area contributed by atoms with E-state index < -0.39 is 11.6 Å². The van der Waals surface area contributed by atoms with Crippen LogP contribution in [0.4, 0.5) is 10.1 Å². The number of fused-ring (bicyclic) bond motifs is 1. The number of benzene rings is 2. The van der Waals surface area contributed by atoms with Gasteiger partial charge >= 0.3 is 0 Å². The Balaban J connectivity index is 1.49. The minimum Gasteiger partial charge on any atom is -0.482 e. The lowest BCUT2D eigenvalue weighted by Gasteiger charge is -2.29. The number of anilines is 1. The highest BCUT2D eigenvalue weighted by Crippen LogP contribution is 2.33. The molecule has 2 amide bonds.